The zero-order valence-electron chi connectivity index (χ0n) is 11.9. The van der Waals surface area contributed by atoms with E-state index in [1.807, 2.05) is 0 Å². The molecular weight excluding hydrogens is 284 g/mol. The Labute approximate surface area is 122 Å². The first kappa shape index (κ1) is 16.3. The van der Waals surface area contributed by atoms with Crippen molar-refractivity contribution in [2.24, 2.45) is 5.73 Å². The zero-order chi connectivity index (χ0) is 15.5. The van der Waals surface area contributed by atoms with Crippen LogP contribution in [0.1, 0.15) is 20.8 Å². The van der Waals surface area contributed by atoms with Gasteiger partial charge in [-0.2, -0.15) is 0 Å². The first-order valence-corrected chi connectivity index (χ1v) is 6.51. The van der Waals surface area contributed by atoms with Crippen LogP contribution in [0, 0.1) is 0 Å². The summed E-state index contributed by atoms with van der Waals surface area (Å²) in [5.41, 5.74) is 4.87. The second-order valence-electron chi connectivity index (χ2n) is 5.38. The highest BCUT2D eigenvalue weighted by Crippen LogP contribution is 2.18. The van der Waals surface area contributed by atoms with Crippen molar-refractivity contribution in [3.63, 3.8) is 0 Å². The predicted octanol–water partition coefficient (Wildman–Crippen LogP) is -0.738. The van der Waals surface area contributed by atoms with Gasteiger partial charge in [0, 0.05) is 13.1 Å². The normalized spacial score (nSPS) is 16.8. The summed E-state index contributed by atoms with van der Waals surface area (Å²) in [6.07, 6.45) is 0.776. The standard InChI is InChI=1S/C12H19ClN4O3/c1-12(2,3)20-11(19)17-5-4-16(7-17)8(6-14)9(13)10(15)18/h6,14H,4-5,7H2,1-3H3,(H2,15,18)/p+1/b9-8-,14-6?. The van der Waals surface area contributed by atoms with Gasteiger partial charge in [0.25, 0.3) is 5.91 Å². The fourth-order valence-corrected chi connectivity index (χ4v) is 1.89. The van der Waals surface area contributed by atoms with Crippen molar-refractivity contribution in [3.05, 3.63) is 10.7 Å². The van der Waals surface area contributed by atoms with Crippen LogP contribution in [0.15, 0.2) is 10.7 Å². The molecule has 0 atom stereocenters. The van der Waals surface area contributed by atoms with E-state index >= 15 is 0 Å². The number of halogens is 1. The maximum absolute atomic E-state index is 11.9. The molecule has 0 aromatic carbocycles. The highest BCUT2D eigenvalue weighted by atomic mass is 35.5. The smallest absolute Gasteiger partial charge is 0.411 e. The van der Waals surface area contributed by atoms with Crippen molar-refractivity contribution in [3.8, 4) is 0 Å². The van der Waals surface area contributed by atoms with Gasteiger partial charge in [-0.15, -0.1) is 0 Å². The van der Waals surface area contributed by atoms with E-state index in [1.54, 1.807) is 25.7 Å². The Morgan fingerprint density at radius 3 is 2.30 bits per heavy atom. The number of carbonyl (C=O) groups excluding carboxylic acids is 2. The summed E-state index contributed by atoms with van der Waals surface area (Å²) < 4.78 is 5.27. The van der Waals surface area contributed by atoms with Gasteiger partial charge in [-0.05, 0) is 20.8 Å². The van der Waals surface area contributed by atoms with E-state index in [0.29, 0.717) is 18.8 Å². The van der Waals surface area contributed by atoms with E-state index in [1.165, 1.54) is 11.1 Å². The Hall–Kier alpha value is -1.76. The van der Waals surface area contributed by atoms with E-state index in [-0.39, 0.29) is 11.7 Å². The largest absolute Gasteiger partial charge is 0.444 e. The fraction of sp³-hybridized carbons (Fsp3) is 0.583. The molecule has 1 fully saturated rings. The zero-order valence-corrected chi connectivity index (χ0v) is 12.6. The molecule has 0 aromatic rings. The number of nitrogens with two attached hydrogens (primary N) is 2. The van der Waals surface area contributed by atoms with Crippen LogP contribution in [0.3, 0.4) is 0 Å². The van der Waals surface area contributed by atoms with Gasteiger partial charge in [0.2, 0.25) is 0 Å². The Bertz CT molecular complexity index is 456. The number of carbonyl (C=O) groups is 2. The molecule has 7 nitrogen and oxygen atoms in total. The van der Waals surface area contributed by atoms with E-state index in [4.69, 9.17) is 27.5 Å². The number of hydrogen-bond donors (Lipinski definition) is 2. The number of amides is 2. The Balaban J connectivity index is 2.77. The van der Waals surface area contributed by atoms with Crippen LogP contribution in [-0.2, 0) is 9.53 Å². The van der Waals surface area contributed by atoms with Crippen molar-refractivity contribution in [2.75, 3.05) is 19.8 Å². The molecule has 4 N–H and O–H groups in total. The van der Waals surface area contributed by atoms with Crippen molar-refractivity contribution in [2.45, 2.75) is 26.4 Å². The van der Waals surface area contributed by atoms with E-state index < -0.39 is 17.6 Å². The first-order valence-electron chi connectivity index (χ1n) is 6.13. The summed E-state index contributed by atoms with van der Waals surface area (Å²) in [5.74, 6) is -0.765. The SMILES string of the molecule is CC(C)(C)OC(=O)N1CCN(/C(C=[NH2+])=C(\Cl)C(N)=O)C1. The van der Waals surface area contributed by atoms with Crippen LogP contribution in [0.2, 0.25) is 0 Å². The summed E-state index contributed by atoms with van der Waals surface area (Å²) >= 11 is 5.81. The second-order valence-corrected chi connectivity index (χ2v) is 5.76. The average Bonchev–Trinajstić information content (AvgIpc) is 2.77. The van der Waals surface area contributed by atoms with Gasteiger partial charge >= 0.3 is 6.09 Å². The minimum absolute atomic E-state index is 0.154. The molecule has 112 valence electrons. The van der Waals surface area contributed by atoms with Gasteiger partial charge in [0.15, 0.2) is 6.21 Å². The minimum atomic E-state index is -0.765. The number of allylic oxidation sites excluding steroid dienone is 1. The first-order chi connectivity index (χ1) is 9.15. The Kier molecular flexibility index (Phi) is 4.99. The topological polar surface area (TPSA) is 101 Å². The van der Waals surface area contributed by atoms with Crippen LogP contribution in [-0.4, -0.2) is 53.4 Å². The molecule has 0 unspecified atom stereocenters. The third-order valence-electron chi connectivity index (χ3n) is 2.57. The van der Waals surface area contributed by atoms with Gasteiger partial charge in [-0.25, -0.2) is 4.79 Å². The van der Waals surface area contributed by atoms with Crippen molar-refractivity contribution >= 4 is 29.8 Å². The third kappa shape index (κ3) is 4.12. The molecule has 1 heterocycles. The Morgan fingerprint density at radius 2 is 1.85 bits per heavy atom. The van der Waals surface area contributed by atoms with E-state index in [2.05, 4.69) is 0 Å². The third-order valence-corrected chi connectivity index (χ3v) is 2.95. The summed E-state index contributed by atoms with van der Waals surface area (Å²) in [6, 6.07) is 0. The second kappa shape index (κ2) is 6.13. The van der Waals surface area contributed by atoms with Crippen molar-refractivity contribution in [1.82, 2.24) is 9.80 Å². The van der Waals surface area contributed by atoms with Crippen LogP contribution >= 0.6 is 11.6 Å². The molecule has 0 aliphatic carbocycles. The van der Waals surface area contributed by atoms with Crippen LogP contribution in [0.25, 0.3) is 0 Å². The van der Waals surface area contributed by atoms with Crippen molar-refractivity contribution < 1.29 is 19.7 Å². The summed E-state index contributed by atoms with van der Waals surface area (Å²) in [7, 11) is 0. The van der Waals surface area contributed by atoms with Gasteiger partial charge in [-0.3, -0.25) is 15.1 Å². The van der Waals surface area contributed by atoms with Gasteiger partial charge in [0.1, 0.15) is 16.3 Å². The minimum Gasteiger partial charge on any atom is -0.444 e. The number of ether oxygens (including phenoxy) is 1. The molecule has 0 spiro atoms. The maximum atomic E-state index is 11.9. The molecule has 20 heavy (non-hydrogen) atoms. The molecule has 0 aromatic heterocycles. The summed E-state index contributed by atoms with van der Waals surface area (Å²) in [4.78, 5) is 26.2. The average molecular weight is 304 g/mol. The van der Waals surface area contributed by atoms with Gasteiger partial charge in [-0.1, -0.05) is 11.6 Å². The van der Waals surface area contributed by atoms with Gasteiger partial charge in [0.05, 0.1) is 6.67 Å². The van der Waals surface area contributed by atoms with Crippen LogP contribution in [0.5, 0.6) is 0 Å². The molecule has 1 aliphatic rings. The molecule has 2 amide bonds. The predicted molar refractivity (Wildman–Crippen MR) is 74.6 cm³/mol. The molecule has 1 saturated heterocycles. The molecule has 8 heteroatoms. The lowest BCUT2D eigenvalue weighted by Gasteiger charge is -2.24. The van der Waals surface area contributed by atoms with Crippen LogP contribution < -0.4 is 11.1 Å². The quantitative estimate of drug-likeness (QED) is 0.530. The molecule has 0 saturated carbocycles. The lowest BCUT2D eigenvalue weighted by molar-refractivity contribution is -0.114. The molecule has 1 rings (SSSR count). The number of primary amides is 1. The Morgan fingerprint density at radius 1 is 1.30 bits per heavy atom. The molecule has 1 aliphatic heterocycles. The molecule has 0 bridgehead atoms. The molecule has 0 radical (unpaired) electrons. The number of nitrogens with zero attached hydrogens (tertiary/aromatic N) is 2. The maximum Gasteiger partial charge on any atom is 0.411 e. The number of hydrogen-bond acceptors (Lipinski definition) is 4. The lowest BCUT2D eigenvalue weighted by Crippen LogP contribution is -2.39. The highest BCUT2D eigenvalue weighted by molar-refractivity contribution is 6.43. The van der Waals surface area contributed by atoms with Crippen LogP contribution in [0.4, 0.5) is 4.79 Å². The van der Waals surface area contributed by atoms with Crippen molar-refractivity contribution in [1.29, 1.82) is 0 Å². The highest BCUT2D eigenvalue weighted by Gasteiger charge is 2.30. The lowest BCUT2D eigenvalue weighted by atomic mass is 10.2. The molecular formula is C12H20ClN4O3+. The summed E-state index contributed by atoms with van der Waals surface area (Å²) in [5, 5.41) is 5.31. The van der Waals surface area contributed by atoms with Gasteiger partial charge < -0.3 is 15.4 Å². The monoisotopic (exact) mass is 303 g/mol. The van der Waals surface area contributed by atoms with E-state index in [9.17, 15) is 9.59 Å². The van der Waals surface area contributed by atoms with E-state index in [0.717, 1.165) is 0 Å². The fourth-order valence-electron chi connectivity index (χ4n) is 1.70. The number of rotatable bonds is 3. The summed E-state index contributed by atoms with van der Waals surface area (Å²) in [6.45, 7) is 6.56.